The molecule has 0 bridgehead atoms. The molecule has 1 aliphatic carbocycles. The second-order valence-corrected chi connectivity index (χ2v) is 7.14. The molecule has 0 unspecified atom stereocenters. The number of hydrogen-bond acceptors (Lipinski definition) is 3. The van der Waals surface area contributed by atoms with Crippen LogP contribution in [0.25, 0.3) is 0 Å². The van der Waals surface area contributed by atoms with E-state index in [2.05, 4.69) is 21.2 Å². The van der Waals surface area contributed by atoms with E-state index in [1.807, 2.05) is 30.3 Å². The quantitative estimate of drug-likeness (QED) is 0.786. The zero-order valence-electron chi connectivity index (χ0n) is 13.8. The van der Waals surface area contributed by atoms with E-state index < -0.39 is 5.41 Å². The van der Waals surface area contributed by atoms with Crippen LogP contribution in [-0.2, 0) is 10.2 Å². The molecule has 2 aromatic carbocycles. The number of carbonyl (C=O) groups excluding carboxylic acids is 1. The van der Waals surface area contributed by atoms with E-state index in [0.29, 0.717) is 5.75 Å². The third-order valence-electron chi connectivity index (χ3n) is 4.70. The Hall–Kier alpha value is -2.32. The summed E-state index contributed by atoms with van der Waals surface area (Å²) in [7, 11) is 0. The van der Waals surface area contributed by atoms with Crippen molar-refractivity contribution < 1.29 is 9.53 Å². The number of carbonyl (C=O) groups is 1. The maximum atomic E-state index is 13.1. The third-order valence-corrected chi connectivity index (χ3v) is 5.23. The van der Waals surface area contributed by atoms with Gasteiger partial charge in [0.2, 0.25) is 5.91 Å². The Bertz CT molecular complexity index is 773. The molecule has 1 amide bonds. The topological polar surface area (TPSA) is 62.1 Å². The van der Waals surface area contributed by atoms with Crippen molar-refractivity contribution in [3.63, 3.8) is 0 Å². The lowest BCUT2D eigenvalue weighted by Gasteiger charge is -2.28. The van der Waals surface area contributed by atoms with E-state index in [1.165, 1.54) is 0 Å². The van der Waals surface area contributed by atoms with Crippen LogP contribution >= 0.6 is 15.9 Å². The van der Waals surface area contributed by atoms with Gasteiger partial charge in [0.25, 0.3) is 0 Å². The summed E-state index contributed by atoms with van der Waals surface area (Å²) < 4.78 is 6.25. The van der Waals surface area contributed by atoms with Gasteiger partial charge in [-0.1, -0.05) is 40.9 Å². The molecule has 0 aromatic heterocycles. The van der Waals surface area contributed by atoms with Gasteiger partial charge in [-0.3, -0.25) is 4.79 Å². The Labute approximate surface area is 155 Å². The van der Waals surface area contributed by atoms with Crippen molar-refractivity contribution in [2.45, 2.75) is 31.1 Å². The molecule has 0 aliphatic heterocycles. The van der Waals surface area contributed by atoms with E-state index in [0.717, 1.165) is 41.4 Å². The van der Waals surface area contributed by atoms with Crippen LogP contribution in [0.5, 0.6) is 5.75 Å². The molecule has 0 radical (unpaired) electrons. The SMILES string of the molecule is N#CCOc1ccc(NC(=O)C2(c3ccc(Br)cc3)CCCC2)cc1. The number of nitriles is 1. The highest BCUT2D eigenvalue weighted by Gasteiger charge is 2.42. The Morgan fingerprint density at radius 2 is 1.76 bits per heavy atom. The predicted molar refractivity (Wildman–Crippen MR) is 100 cm³/mol. The molecule has 0 spiro atoms. The standard InChI is InChI=1S/C20H19BrN2O2/c21-16-5-3-15(4-6-16)20(11-1-2-12-20)19(24)23-17-7-9-18(10-8-17)25-14-13-22/h3-10H,1-2,11-12,14H2,(H,23,24). The van der Waals surface area contributed by atoms with Crippen molar-refractivity contribution in [1.82, 2.24) is 0 Å². The number of rotatable bonds is 5. The molecule has 1 saturated carbocycles. The van der Waals surface area contributed by atoms with Gasteiger partial charge in [0.05, 0.1) is 5.41 Å². The molecule has 0 heterocycles. The van der Waals surface area contributed by atoms with E-state index in [4.69, 9.17) is 10.00 Å². The first-order valence-electron chi connectivity index (χ1n) is 8.31. The largest absolute Gasteiger partial charge is 0.479 e. The monoisotopic (exact) mass is 398 g/mol. The number of amides is 1. The Balaban J connectivity index is 1.77. The second kappa shape index (κ2) is 7.71. The Kier molecular flexibility index (Phi) is 5.40. The summed E-state index contributed by atoms with van der Waals surface area (Å²) >= 11 is 3.45. The zero-order valence-corrected chi connectivity index (χ0v) is 15.4. The molecular weight excluding hydrogens is 380 g/mol. The molecule has 3 rings (SSSR count). The highest BCUT2D eigenvalue weighted by molar-refractivity contribution is 9.10. The van der Waals surface area contributed by atoms with Gasteiger partial charge < -0.3 is 10.1 Å². The fourth-order valence-electron chi connectivity index (χ4n) is 3.40. The van der Waals surface area contributed by atoms with Crippen molar-refractivity contribution >= 4 is 27.5 Å². The molecule has 5 heteroatoms. The first kappa shape index (κ1) is 17.5. The summed E-state index contributed by atoms with van der Waals surface area (Å²) in [5.41, 5.74) is 1.34. The molecule has 1 N–H and O–H groups in total. The smallest absolute Gasteiger partial charge is 0.235 e. The fraction of sp³-hybridized carbons (Fsp3) is 0.300. The number of nitrogens with one attached hydrogen (secondary N) is 1. The van der Waals surface area contributed by atoms with Crippen molar-refractivity contribution in [2.75, 3.05) is 11.9 Å². The minimum Gasteiger partial charge on any atom is -0.479 e. The van der Waals surface area contributed by atoms with Gasteiger partial charge in [-0.15, -0.1) is 0 Å². The molecular formula is C20H19BrN2O2. The van der Waals surface area contributed by atoms with Gasteiger partial charge in [0.1, 0.15) is 11.8 Å². The van der Waals surface area contributed by atoms with Gasteiger partial charge >= 0.3 is 0 Å². The Morgan fingerprint density at radius 1 is 1.12 bits per heavy atom. The van der Waals surface area contributed by atoms with Crippen LogP contribution in [0.2, 0.25) is 0 Å². The van der Waals surface area contributed by atoms with E-state index in [9.17, 15) is 4.79 Å². The molecule has 25 heavy (non-hydrogen) atoms. The summed E-state index contributed by atoms with van der Waals surface area (Å²) in [6.45, 7) is 0.0123. The number of anilines is 1. The fourth-order valence-corrected chi connectivity index (χ4v) is 3.66. The van der Waals surface area contributed by atoms with E-state index >= 15 is 0 Å². The third kappa shape index (κ3) is 3.85. The second-order valence-electron chi connectivity index (χ2n) is 6.22. The normalized spacial score (nSPS) is 15.4. The number of halogens is 1. The van der Waals surface area contributed by atoms with Gasteiger partial charge in [0, 0.05) is 10.2 Å². The summed E-state index contributed by atoms with van der Waals surface area (Å²) in [6.07, 6.45) is 3.85. The highest BCUT2D eigenvalue weighted by Crippen LogP contribution is 2.42. The van der Waals surface area contributed by atoms with Crippen molar-refractivity contribution in [2.24, 2.45) is 0 Å². The van der Waals surface area contributed by atoms with E-state index in [1.54, 1.807) is 24.3 Å². The average molecular weight is 399 g/mol. The van der Waals surface area contributed by atoms with Crippen LogP contribution in [0.4, 0.5) is 5.69 Å². The van der Waals surface area contributed by atoms with Gasteiger partial charge in [-0.25, -0.2) is 0 Å². The molecule has 0 atom stereocenters. The molecule has 1 fully saturated rings. The molecule has 0 saturated heterocycles. The number of benzene rings is 2. The van der Waals surface area contributed by atoms with Crippen LogP contribution in [-0.4, -0.2) is 12.5 Å². The lowest BCUT2D eigenvalue weighted by atomic mass is 9.78. The first-order chi connectivity index (χ1) is 12.1. The van der Waals surface area contributed by atoms with Crippen LogP contribution in [0, 0.1) is 11.3 Å². The maximum absolute atomic E-state index is 13.1. The van der Waals surface area contributed by atoms with Crippen LogP contribution in [0.3, 0.4) is 0 Å². The van der Waals surface area contributed by atoms with Crippen LogP contribution in [0.1, 0.15) is 31.2 Å². The predicted octanol–water partition coefficient (Wildman–Crippen LogP) is 4.80. The molecule has 128 valence electrons. The maximum Gasteiger partial charge on any atom is 0.235 e. The lowest BCUT2D eigenvalue weighted by Crippen LogP contribution is -2.37. The number of nitrogens with zero attached hydrogens (tertiary/aromatic N) is 1. The summed E-state index contributed by atoms with van der Waals surface area (Å²) in [4.78, 5) is 13.1. The van der Waals surface area contributed by atoms with Gasteiger partial charge in [-0.2, -0.15) is 5.26 Å². The summed E-state index contributed by atoms with van der Waals surface area (Å²) in [5, 5.41) is 11.6. The van der Waals surface area contributed by atoms with Crippen molar-refractivity contribution in [1.29, 1.82) is 5.26 Å². The van der Waals surface area contributed by atoms with Crippen LogP contribution in [0.15, 0.2) is 53.0 Å². The number of ether oxygens (including phenoxy) is 1. The molecule has 2 aromatic rings. The Morgan fingerprint density at radius 3 is 2.36 bits per heavy atom. The minimum absolute atomic E-state index is 0.0123. The molecule has 1 aliphatic rings. The van der Waals surface area contributed by atoms with Crippen molar-refractivity contribution in [3.05, 3.63) is 58.6 Å². The van der Waals surface area contributed by atoms with Gasteiger partial charge in [0.15, 0.2) is 6.61 Å². The minimum atomic E-state index is -0.462. The molecule has 4 nitrogen and oxygen atoms in total. The first-order valence-corrected chi connectivity index (χ1v) is 9.11. The highest BCUT2D eigenvalue weighted by atomic mass is 79.9. The zero-order chi connectivity index (χ0) is 17.7. The summed E-state index contributed by atoms with van der Waals surface area (Å²) in [6, 6.07) is 17.1. The average Bonchev–Trinajstić information content (AvgIpc) is 3.13. The lowest BCUT2D eigenvalue weighted by molar-refractivity contribution is -0.121. The van der Waals surface area contributed by atoms with Gasteiger partial charge in [-0.05, 0) is 54.8 Å². The van der Waals surface area contributed by atoms with E-state index in [-0.39, 0.29) is 12.5 Å². The van der Waals surface area contributed by atoms with Crippen LogP contribution < -0.4 is 10.1 Å². The summed E-state index contributed by atoms with van der Waals surface area (Å²) in [5.74, 6) is 0.654. The van der Waals surface area contributed by atoms with Crippen molar-refractivity contribution in [3.8, 4) is 11.8 Å². The number of hydrogen-bond donors (Lipinski definition) is 1.